The Kier molecular flexibility index (Phi) is 7.53. The molecule has 1 amide bonds. The van der Waals surface area contributed by atoms with Crippen LogP contribution in [0, 0.1) is 5.82 Å². The van der Waals surface area contributed by atoms with E-state index in [0.29, 0.717) is 6.54 Å². The highest BCUT2D eigenvalue weighted by Gasteiger charge is 2.20. The first-order valence-corrected chi connectivity index (χ1v) is 10.2. The number of amides is 1. The van der Waals surface area contributed by atoms with Crippen molar-refractivity contribution in [3.8, 4) is 5.75 Å². The van der Waals surface area contributed by atoms with Gasteiger partial charge in [-0.05, 0) is 55.3 Å². The summed E-state index contributed by atoms with van der Waals surface area (Å²) in [5.41, 5.74) is 0.830. The molecule has 0 fully saturated rings. The summed E-state index contributed by atoms with van der Waals surface area (Å²) in [5.74, 6) is -0.514. The first-order valence-electron chi connectivity index (χ1n) is 8.84. The maximum atomic E-state index is 13.0. The molecule has 2 aromatic carbocycles. The zero-order valence-corrected chi connectivity index (χ0v) is 16.9. The minimum atomic E-state index is -4.05. The summed E-state index contributed by atoms with van der Waals surface area (Å²) < 4.78 is 47.5. The van der Waals surface area contributed by atoms with Crippen LogP contribution in [0.2, 0.25) is 0 Å². The first kappa shape index (κ1) is 21.8. The number of carbonyl (C=O) groups excluding carboxylic acids is 1. The van der Waals surface area contributed by atoms with Gasteiger partial charge in [0.15, 0.2) is 0 Å². The lowest BCUT2D eigenvalue weighted by Crippen LogP contribution is -2.39. The Bertz CT molecular complexity index is 882. The minimum absolute atomic E-state index is 0.00144. The van der Waals surface area contributed by atoms with Crippen LogP contribution in [0.15, 0.2) is 53.4 Å². The molecule has 0 radical (unpaired) electrons. The summed E-state index contributed by atoms with van der Waals surface area (Å²) >= 11 is 0. The van der Waals surface area contributed by atoms with Gasteiger partial charge in [0.05, 0.1) is 0 Å². The van der Waals surface area contributed by atoms with E-state index in [-0.39, 0.29) is 29.2 Å². The summed E-state index contributed by atoms with van der Waals surface area (Å²) in [5, 5.41) is 0. The van der Waals surface area contributed by atoms with Crippen molar-refractivity contribution in [2.24, 2.45) is 0 Å². The van der Waals surface area contributed by atoms with E-state index in [1.165, 1.54) is 19.2 Å². The lowest BCUT2D eigenvalue weighted by Gasteiger charge is -2.28. The van der Waals surface area contributed by atoms with E-state index >= 15 is 0 Å². The van der Waals surface area contributed by atoms with Gasteiger partial charge < -0.3 is 13.8 Å². The highest BCUT2D eigenvalue weighted by Crippen LogP contribution is 2.21. The molecule has 152 valence electrons. The van der Waals surface area contributed by atoms with E-state index in [0.717, 1.165) is 36.2 Å². The number of nitrogens with zero attached hydrogens (tertiary/aromatic N) is 1. The Morgan fingerprint density at radius 3 is 2.25 bits per heavy atom. The van der Waals surface area contributed by atoms with Crippen molar-refractivity contribution in [3.63, 3.8) is 0 Å². The molecule has 0 aliphatic heterocycles. The van der Waals surface area contributed by atoms with Crippen molar-refractivity contribution in [1.29, 1.82) is 0 Å². The van der Waals surface area contributed by atoms with Crippen LogP contribution < -0.4 is 4.18 Å². The molecule has 0 unspecified atom stereocenters. The van der Waals surface area contributed by atoms with E-state index in [4.69, 9.17) is 8.92 Å². The number of ether oxygens (including phenoxy) is 1. The van der Waals surface area contributed by atoms with Crippen LogP contribution in [-0.4, -0.2) is 39.0 Å². The molecule has 0 heterocycles. The second-order valence-electron chi connectivity index (χ2n) is 6.35. The topological polar surface area (TPSA) is 72.9 Å². The molecule has 0 N–H and O–H groups in total. The number of rotatable bonds is 9. The molecule has 0 saturated carbocycles. The molecule has 0 bridgehead atoms. The minimum Gasteiger partial charge on any atom is -0.379 e. The third-order valence-electron chi connectivity index (χ3n) is 4.30. The van der Waals surface area contributed by atoms with Crippen LogP contribution in [-0.2, 0) is 26.2 Å². The lowest BCUT2D eigenvalue weighted by atomic mass is 10.1. The van der Waals surface area contributed by atoms with Gasteiger partial charge in [0.25, 0.3) is 0 Å². The summed E-state index contributed by atoms with van der Waals surface area (Å²) in [6, 6.07) is 10.9. The number of hydrogen-bond acceptors (Lipinski definition) is 5. The van der Waals surface area contributed by atoms with E-state index in [2.05, 4.69) is 0 Å². The molecule has 6 nitrogen and oxygen atoms in total. The van der Waals surface area contributed by atoms with E-state index in [9.17, 15) is 17.6 Å². The van der Waals surface area contributed by atoms with Crippen molar-refractivity contribution >= 4 is 16.0 Å². The molecular formula is C20H24FNO5S. The van der Waals surface area contributed by atoms with Gasteiger partial charge in [0.1, 0.15) is 23.1 Å². The number of benzene rings is 2. The van der Waals surface area contributed by atoms with Crippen LogP contribution >= 0.6 is 0 Å². The third-order valence-corrected chi connectivity index (χ3v) is 5.56. The Morgan fingerprint density at radius 2 is 1.71 bits per heavy atom. The van der Waals surface area contributed by atoms with Gasteiger partial charge in [-0.25, -0.2) is 4.39 Å². The molecule has 0 aliphatic carbocycles. The molecule has 0 aliphatic rings. The maximum absolute atomic E-state index is 13.0. The Hall–Kier alpha value is -2.45. The van der Waals surface area contributed by atoms with Crippen molar-refractivity contribution in [2.45, 2.75) is 37.8 Å². The van der Waals surface area contributed by atoms with Gasteiger partial charge in [0, 0.05) is 19.7 Å². The predicted octanol–water partition coefficient (Wildman–Crippen LogP) is 3.37. The summed E-state index contributed by atoms with van der Waals surface area (Å²) in [6.07, 6.45) is 0.798. The fourth-order valence-electron chi connectivity index (χ4n) is 2.54. The molecule has 1 atom stereocenters. The quantitative estimate of drug-likeness (QED) is 0.594. The summed E-state index contributed by atoms with van der Waals surface area (Å²) in [4.78, 5) is 13.8. The fraction of sp³-hybridized carbons (Fsp3) is 0.350. The van der Waals surface area contributed by atoms with Crippen molar-refractivity contribution < 1.29 is 26.5 Å². The molecule has 0 saturated heterocycles. The number of carbonyl (C=O) groups is 1. The summed E-state index contributed by atoms with van der Waals surface area (Å²) in [7, 11) is -2.58. The molecular weight excluding hydrogens is 385 g/mol. The molecule has 8 heteroatoms. The third kappa shape index (κ3) is 5.77. The zero-order valence-electron chi connectivity index (χ0n) is 16.1. The smallest absolute Gasteiger partial charge is 0.339 e. The number of halogens is 1. The molecule has 0 spiro atoms. The van der Waals surface area contributed by atoms with Crippen LogP contribution in [0.1, 0.15) is 25.8 Å². The van der Waals surface area contributed by atoms with Gasteiger partial charge in [-0.3, -0.25) is 4.79 Å². The van der Waals surface area contributed by atoms with Gasteiger partial charge in [-0.2, -0.15) is 8.42 Å². The maximum Gasteiger partial charge on any atom is 0.339 e. The average molecular weight is 409 g/mol. The highest BCUT2D eigenvalue weighted by molar-refractivity contribution is 7.87. The lowest BCUT2D eigenvalue weighted by molar-refractivity contribution is -0.138. The predicted molar refractivity (Wildman–Crippen MR) is 103 cm³/mol. The van der Waals surface area contributed by atoms with Crippen molar-refractivity contribution in [2.75, 3.05) is 13.7 Å². The summed E-state index contributed by atoms with van der Waals surface area (Å²) in [6.45, 7) is 4.33. The molecule has 28 heavy (non-hydrogen) atoms. The van der Waals surface area contributed by atoms with E-state index < -0.39 is 15.9 Å². The molecule has 0 aromatic heterocycles. The number of hydrogen-bond donors (Lipinski definition) is 0. The average Bonchev–Trinajstić information content (AvgIpc) is 2.67. The Labute approximate surface area is 165 Å². The van der Waals surface area contributed by atoms with Crippen LogP contribution in [0.4, 0.5) is 4.39 Å². The van der Waals surface area contributed by atoms with Gasteiger partial charge in [-0.1, -0.05) is 19.1 Å². The van der Waals surface area contributed by atoms with Crippen LogP contribution in [0.3, 0.4) is 0 Å². The monoisotopic (exact) mass is 409 g/mol. The first-order chi connectivity index (χ1) is 13.3. The standard InChI is InChI=1S/C20H24FNO5S/c1-4-15(2)22(20(23)14-26-3)13-16-5-9-18(10-6-16)27-28(24,25)19-11-7-17(21)8-12-19/h5-12,15H,4,13-14H2,1-3H3/t15-/m1/s1. The Balaban J connectivity index is 2.11. The Morgan fingerprint density at radius 1 is 1.11 bits per heavy atom. The van der Waals surface area contributed by atoms with Gasteiger partial charge in [0.2, 0.25) is 5.91 Å². The second kappa shape index (κ2) is 9.66. The zero-order chi connectivity index (χ0) is 20.7. The van der Waals surface area contributed by atoms with Crippen LogP contribution in [0.25, 0.3) is 0 Å². The van der Waals surface area contributed by atoms with E-state index in [1.54, 1.807) is 17.0 Å². The fourth-order valence-corrected chi connectivity index (χ4v) is 3.47. The SMILES string of the molecule is CC[C@@H](C)N(Cc1ccc(OS(=O)(=O)c2ccc(F)cc2)cc1)C(=O)COC. The second-order valence-corrected chi connectivity index (χ2v) is 7.89. The highest BCUT2D eigenvalue weighted by atomic mass is 32.2. The van der Waals surface area contributed by atoms with Crippen molar-refractivity contribution in [3.05, 3.63) is 59.9 Å². The van der Waals surface area contributed by atoms with Gasteiger partial charge >= 0.3 is 10.1 Å². The van der Waals surface area contributed by atoms with Crippen molar-refractivity contribution in [1.82, 2.24) is 4.90 Å². The largest absolute Gasteiger partial charge is 0.379 e. The van der Waals surface area contributed by atoms with Gasteiger partial charge in [-0.15, -0.1) is 0 Å². The van der Waals surface area contributed by atoms with E-state index in [1.807, 2.05) is 13.8 Å². The normalized spacial score (nSPS) is 12.4. The molecule has 2 rings (SSSR count). The number of methoxy groups -OCH3 is 1. The van der Waals surface area contributed by atoms with Crippen LogP contribution in [0.5, 0.6) is 5.75 Å². The molecule has 2 aromatic rings.